The van der Waals surface area contributed by atoms with Crippen molar-refractivity contribution in [3.8, 4) is 0 Å². The Kier molecular flexibility index (Phi) is 3.36. The molecule has 0 aromatic carbocycles. The van der Waals surface area contributed by atoms with E-state index in [4.69, 9.17) is 0 Å². The minimum absolute atomic E-state index is 0.610. The number of hydrogen-bond donors (Lipinski definition) is 1. The Morgan fingerprint density at radius 1 is 1.27 bits per heavy atom. The highest BCUT2D eigenvalue weighted by Gasteiger charge is 2.28. The summed E-state index contributed by atoms with van der Waals surface area (Å²) in [4.78, 5) is 10.9. The number of fused-ring (bicyclic) bond motifs is 1. The van der Waals surface area contributed by atoms with Crippen LogP contribution in [-0.2, 0) is 12.8 Å². The van der Waals surface area contributed by atoms with E-state index in [0.29, 0.717) is 5.92 Å². The normalized spacial score (nSPS) is 17.2. The van der Waals surface area contributed by atoms with Crippen LogP contribution in [0.25, 0.3) is 0 Å². The smallest absolute Gasteiger partial charge is 0.222 e. The van der Waals surface area contributed by atoms with Crippen LogP contribution in [0.1, 0.15) is 23.4 Å². The van der Waals surface area contributed by atoms with Crippen molar-refractivity contribution in [1.82, 2.24) is 20.2 Å². The second-order valence-corrected chi connectivity index (χ2v) is 6.20. The van der Waals surface area contributed by atoms with Gasteiger partial charge in [0.05, 0.1) is 5.69 Å². The van der Waals surface area contributed by atoms with E-state index in [-0.39, 0.29) is 0 Å². The SMILES string of the molecule is Cc1ccnc(NCC2CN(c3cc4c(nn3)CCC4)C2)n1. The van der Waals surface area contributed by atoms with Gasteiger partial charge in [0, 0.05) is 37.4 Å². The van der Waals surface area contributed by atoms with Crippen molar-refractivity contribution in [1.29, 1.82) is 0 Å². The third-order valence-electron chi connectivity index (χ3n) is 4.43. The van der Waals surface area contributed by atoms with Crippen molar-refractivity contribution < 1.29 is 0 Å². The van der Waals surface area contributed by atoms with Crippen LogP contribution in [0, 0.1) is 12.8 Å². The van der Waals surface area contributed by atoms with Crippen LogP contribution in [0.4, 0.5) is 11.8 Å². The lowest BCUT2D eigenvalue weighted by molar-refractivity contribution is 0.424. The Bertz CT molecular complexity index is 680. The number of nitrogens with one attached hydrogen (secondary N) is 1. The molecule has 22 heavy (non-hydrogen) atoms. The highest BCUT2D eigenvalue weighted by molar-refractivity contribution is 5.45. The summed E-state index contributed by atoms with van der Waals surface area (Å²) in [5, 5.41) is 12.0. The van der Waals surface area contributed by atoms with Crippen LogP contribution in [0.3, 0.4) is 0 Å². The molecule has 6 heteroatoms. The van der Waals surface area contributed by atoms with E-state index < -0.39 is 0 Å². The summed E-state index contributed by atoms with van der Waals surface area (Å²) < 4.78 is 0. The van der Waals surface area contributed by atoms with Crippen molar-refractivity contribution >= 4 is 11.8 Å². The molecular formula is C16H20N6. The van der Waals surface area contributed by atoms with Crippen molar-refractivity contribution in [3.05, 3.63) is 35.3 Å². The van der Waals surface area contributed by atoms with Crippen molar-refractivity contribution in [2.75, 3.05) is 29.9 Å². The zero-order valence-electron chi connectivity index (χ0n) is 12.8. The minimum atomic E-state index is 0.610. The summed E-state index contributed by atoms with van der Waals surface area (Å²) in [7, 11) is 0. The molecule has 1 aliphatic heterocycles. The summed E-state index contributed by atoms with van der Waals surface area (Å²) in [6, 6.07) is 4.13. The molecule has 6 nitrogen and oxygen atoms in total. The second-order valence-electron chi connectivity index (χ2n) is 6.20. The first-order valence-corrected chi connectivity index (χ1v) is 7.92. The van der Waals surface area contributed by atoms with Crippen molar-refractivity contribution in [3.63, 3.8) is 0 Å². The maximum atomic E-state index is 4.37. The van der Waals surface area contributed by atoms with E-state index in [1.807, 2.05) is 13.0 Å². The van der Waals surface area contributed by atoms with Gasteiger partial charge in [0.25, 0.3) is 0 Å². The summed E-state index contributed by atoms with van der Waals surface area (Å²) in [6.07, 6.45) is 5.25. The van der Waals surface area contributed by atoms with Crippen LogP contribution < -0.4 is 10.2 Å². The highest BCUT2D eigenvalue weighted by atomic mass is 15.3. The fraction of sp³-hybridized carbons (Fsp3) is 0.500. The lowest BCUT2D eigenvalue weighted by Gasteiger charge is -2.40. The topological polar surface area (TPSA) is 66.8 Å². The molecule has 114 valence electrons. The molecule has 2 aliphatic rings. The molecule has 0 radical (unpaired) electrons. The third kappa shape index (κ3) is 2.61. The molecule has 1 N–H and O–H groups in total. The summed E-state index contributed by atoms with van der Waals surface area (Å²) in [6.45, 7) is 4.92. The van der Waals surface area contributed by atoms with E-state index in [2.05, 4.69) is 36.4 Å². The molecule has 0 bridgehead atoms. The molecule has 0 unspecified atom stereocenters. The Labute approximate surface area is 130 Å². The van der Waals surface area contributed by atoms with E-state index in [1.165, 1.54) is 17.7 Å². The van der Waals surface area contributed by atoms with E-state index in [1.54, 1.807) is 6.20 Å². The molecule has 4 rings (SSSR count). The zero-order chi connectivity index (χ0) is 14.9. The number of hydrogen-bond acceptors (Lipinski definition) is 6. The van der Waals surface area contributed by atoms with E-state index in [0.717, 1.165) is 49.9 Å². The first-order chi connectivity index (χ1) is 10.8. The molecule has 1 saturated heterocycles. The maximum absolute atomic E-state index is 4.37. The maximum Gasteiger partial charge on any atom is 0.222 e. The lowest BCUT2D eigenvalue weighted by atomic mass is 10.00. The van der Waals surface area contributed by atoms with Crippen LogP contribution >= 0.6 is 0 Å². The number of aryl methyl sites for hydroxylation is 3. The number of anilines is 2. The van der Waals surface area contributed by atoms with E-state index in [9.17, 15) is 0 Å². The lowest BCUT2D eigenvalue weighted by Crippen LogP contribution is -2.50. The van der Waals surface area contributed by atoms with Crippen LogP contribution in [0.15, 0.2) is 18.3 Å². The molecule has 0 saturated carbocycles. The monoisotopic (exact) mass is 296 g/mol. The fourth-order valence-electron chi connectivity index (χ4n) is 3.13. The standard InChI is InChI=1S/C16H20N6/c1-11-5-6-17-16(19-11)18-8-12-9-22(10-12)15-7-13-3-2-4-14(13)20-21-15/h5-7,12H,2-4,8-10H2,1H3,(H,17,18,19). The van der Waals surface area contributed by atoms with Crippen LogP contribution in [0.2, 0.25) is 0 Å². The molecule has 1 aliphatic carbocycles. The van der Waals surface area contributed by atoms with Gasteiger partial charge in [-0.3, -0.25) is 0 Å². The van der Waals surface area contributed by atoms with Gasteiger partial charge in [-0.1, -0.05) is 0 Å². The number of nitrogens with zero attached hydrogens (tertiary/aromatic N) is 5. The first kappa shape index (κ1) is 13.4. The summed E-state index contributed by atoms with van der Waals surface area (Å²) in [5.41, 5.74) is 3.57. The molecule has 3 heterocycles. The minimum Gasteiger partial charge on any atom is -0.354 e. The Balaban J connectivity index is 1.31. The first-order valence-electron chi connectivity index (χ1n) is 7.92. The predicted octanol–water partition coefficient (Wildman–Crippen LogP) is 1.61. The van der Waals surface area contributed by atoms with Gasteiger partial charge in [0.15, 0.2) is 5.82 Å². The van der Waals surface area contributed by atoms with Gasteiger partial charge in [-0.2, -0.15) is 5.10 Å². The molecule has 0 spiro atoms. The predicted molar refractivity (Wildman–Crippen MR) is 85.0 cm³/mol. The molecule has 2 aromatic heterocycles. The van der Waals surface area contributed by atoms with Crippen LogP contribution in [-0.4, -0.2) is 39.8 Å². The van der Waals surface area contributed by atoms with Crippen molar-refractivity contribution in [2.24, 2.45) is 5.92 Å². The summed E-state index contributed by atoms with van der Waals surface area (Å²) in [5.74, 6) is 2.36. The Morgan fingerprint density at radius 3 is 3.05 bits per heavy atom. The van der Waals surface area contributed by atoms with Gasteiger partial charge in [0.1, 0.15) is 0 Å². The second kappa shape index (κ2) is 5.51. The Morgan fingerprint density at radius 2 is 2.18 bits per heavy atom. The zero-order valence-corrected chi connectivity index (χ0v) is 12.8. The van der Waals surface area contributed by atoms with Crippen LogP contribution in [0.5, 0.6) is 0 Å². The van der Waals surface area contributed by atoms with E-state index >= 15 is 0 Å². The molecule has 2 aromatic rings. The third-order valence-corrected chi connectivity index (χ3v) is 4.43. The van der Waals surface area contributed by atoms with Gasteiger partial charge in [-0.15, -0.1) is 5.10 Å². The fourth-order valence-corrected chi connectivity index (χ4v) is 3.13. The van der Waals surface area contributed by atoms with Gasteiger partial charge in [0.2, 0.25) is 5.95 Å². The average Bonchev–Trinajstić information content (AvgIpc) is 2.93. The van der Waals surface area contributed by atoms with Gasteiger partial charge in [-0.05, 0) is 43.9 Å². The average molecular weight is 296 g/mol. The molecular weight excluding hydrogens is 276 g/mol. The Hall–Kier alpha value is -2.24. The molecule has 0 amide bonds. The van der Waals surface area contributed by atoms with Crippen molar-refractivity contribution in [2.45, 2.75) is 26.2 Å². The number of aromatic nitrogens is 4. The molecule has 0 atom stereocenters. The largest absolute Gasteiger partial charge is 0.354 e. The number of rotatable bonds is 4. The highest BCUT2D eigenvalue weighted by Crippen LogP contribution is 2.27. The van der Waals surface area contributed by atoms with Gasteiger partial charge >= 0.3 is 0 Å². The summed E-state index contributed by atoms with van der Waals surface area (Å²) >= 11 is 0. The molecule has 1 fully saturated rings. The van der Waals surface area contributed by atoms with Gasteiger partial charge < -0.3 is 10.2 Å². The van der Waals surface area contributed by atoms with Gasteiger partial charge in [-0.25, -0.2) is 9.97 Å². The quantitative estimate of drug-likeness (QED) is 0.924.